The lowest BCUT2D eigenvalue weighted by molar-refractivity contribution is -0.133. The lowest BCUT2D eigenvalue weighted by Gasteiger charge is -2.20. The normalized spacial score (nSPS) is 10.5. The van der Waals surface area contributed by atoms with E-state index in [4.69, 9.17) is 4.74 Å². The Bertz CT molecular complexity index is 822. The molecule has 2 aromatic rings. The van der Waals surface area contributed by atoms with Crippen LogP contribution in [0.2, 0.25) is 0 Å². The molecule has 0 fully saturated rings. The minimum atomic E-state index is -0.470. The number of hydrogen-bond acceptors (Lipinski definition) is 3. The van der Waals surface area contributed by atoms with Gasteiger partial charge in [0, 0.05) is 31.0 Å². The van der Waals surface area contributed by atoms with Crippen LogP contribution in [0.25, 0.3) is 0 Å². The third kappa shape index (κ3) is 5.33. The van der Waals surface area contributed by atoms with Gasteiger partial charge in [0.05, 0.1) is 5.56 Å². The zero-order valence-corrected chi connectivity index (χ0v) is 16.6. The first-order chi connectivity index (χ1) is 12.8. The lowest BCUT2D eigenvalue weighted by Crippen LogP contribution is -2.35. The van der Waals surface area contributed by atoms with E-state index in [0.717, 1.165) is 22.5 Å². The molecule has 0 unspecified atom stereocenters. The molecule has 1 heterocycles. The Morgan fingerprint density at radius 1 is 1.19 bits per heavy atom. The number of carbonyl (C=O) groups is 2. The topological polar surface area (TPSA) is 51.5 Å². The van der Waals surface area contributed by atoms with Gasteiger partial charge in [-0.2, -0.15) is 0 Å². The molecule has 0 aliphatic rings. The molecule has 0 radical (unpaired) electrons. The van der Waals surface area contributed by atoms with Gasteiger partial charge in [-0.3, -0.25) is 4.79 Å². The first kappa shape index (κ1) is 20.5. The molecule has 5 heteroatoms. The van der Waals surface area contributed by atoms with Crippen molar-refractivity contribution < 1.29 is 14.3 Å². The molecule has 0 aliphatic carbocycles. The molecule has 5 nitrogen and oxygen atoms in total. The van der Waals surface area contributed by atoms with E-state index in [2.05, 4.69) is 23.3 Å². The van der Waals surface area contributed by atoms with Crippen LogP contribution in [-0.4, -0.2) is 41.0 Å². The van der Waals surface area contributed by atoms with E-state index >= 15 is 0 Å². The summed E-state index contributed by atoms with van der Waals surface area (Å²) in [6.45, 7) is 12.9. The number of carbonyl (C=O) groups excluding carboxylic acids is 2. The number of aryl methyl sites for hydroxylation is 1. The van der Waals surface area contributed by atoms with Crippen LogP contribution in [0, 0.1) is 13.8 Å². The second kappa shape index (κ2) is 9.21. The number of likely N-dealkylation sites (N-methyl/N-ethyl adjacent to an activating group) is 1. The predicted octanol–water partition coefficient (Wildman–Crippen LogP) is 3.73. The van der Waals surface area contributed by atoms with Crippen molar-refractivity contribution in [2.75, 3.05) is 19.7 Å². The van der Waals surface area contributed by atoms with Gasteiger partial charge in [-0.15, -0.1) is 0 Å². The quantitative estimate of drug-likeness (QED) is 0.527. The first-order valence-corrected chi connectivity index (χ1v) is 9.13. The van der Waals surface area contributed by atoms with Gasteiger partial charge in [0.2, 0.25) is 0 Å². The van der Waals surface area contributed by atoms with Crippen molar-refractivity contribution in [3.05, 3.63) is 71.1 Å². The van der Waals surface area contributed by atoms with E-state index in [-0.39, 0.29) is 12.5 Å². The van der Waals surface area contributed by atoms with Crippen LogP contribution < -0.4 is 0 Å². The lowest BCUT2D eigenvalue weighted by atomic mass is 10.2. The Hall–Kier alpha value is -2.82. The number of benzene rings is 1. The van der Waals surface area contributed by atoms with Crippen LogP contribution in [0.3, 0.4) is 0 Å². The number of nitrogens with zero attached hydrogens (tertiary/aromatic N) is 2. The summed E-state index contributed by atoms with van der Waals surface area (Å²) >= 11 is 0. The third-order valence-electron chi connectivity index (χ3n) is 4.50. The van der Waals surface area contributed by atoms with Gasteiger partial charge >= 0.3 is 5.97 Å². The monoisotopic (exact) mass is 368 g/mol. The highest BCUT2D eigenvalue weighted by Crippen LogP contribution is 2.18. The smallest absolute Gasteiger partial charge is 0.340 e. The molecular formula is C22H28N2O3. The molecule has 144 valence electrons. The second-order valence-corrected chi connectivity index (χ2v) is 6.80. The molecule has 0 aliphatic heterocycles. The van der Waals surface area contributed by atoms with Gasteiger partial charge in [-0.05, 0) is 39.3 Å². The van der Waals surface area contributed by atoms with Crippen molar-refractivity contribution in [1.29, 1.82) is 0 Å². The maximum atomic E-state index is 12.5. The zero-order valence-electron chi connectivity index (χ0n) is 16.6. The minimum Gasteiger partial charge on any atom is -0.452 e. The summed E-state index contributed by atoms with van der Waals surface area (Å²) in [4.78, 5) is 26.4. The van der Waals surface area contributed by atoms with E-state index in [1.54, 1.807) is 4.90 Å². The number of aromatic nitrogens is 1. The van der Waals surface area contributed by atoms with Gasteiger partial charge in [0.25, 0.3) is 5.91 Å². The highest BCUT2D eigenvalue weighted by Gasteiger charge is 2.20. The van der Waals surface area contributed by atoms with Crippen molar-refractivity contribution in [2.45, 2.75) is 34.2 Å². The summed E-state index contributed by atoms with van der Waals surface area (Å²) in [6.07, 6.45) is 0. The van der Waals surface area contributed by atoms with Crippen LogP contribution in [0.15, 0.2) is 48.6 Å². The fourth-order valence-electron chi connectivity index (χ4n) is 3.02. The SMILES string of the molecule is C=C(C)CN(CC)C(=O)COC(=O)c1cc(C)n(Cc2ccccc2)c1C. The van der Waals surface area contributed by atoms with Gasteiger partial charge < -0.3 is 14.2 Å². The second-order valence-electron chi connectivity index (χ2n) is 6.80. The summed E-state index contributed by atoms with van der Waals surface area (Å²) in [5, 5.41) is 0. The summed E-state index contributed by atoms with van der Waals surface area (Å²) in [6, 6.07) is 11.9. The molecule has 1 aromatic heterocycles. The van der Waals surface area contributed by atoms with E-state index in [1.807, 2.05) is 52.0 Å². The van der Waals surface area contributed by atoms with Crippen molar-refractivity contribution in [1.82, 2.24) is 9.47 Å². The van der Waals surface area contributed by atoms with Crippen LogP contribution in [0.5, 0.6) is 0 Å². The predicted molar refractivity (Wildman–Crippen MR) is 107 cm³/mol. The molecule has 1 amide bonds. The maximum Gasteiger partial charge on any atom is 0.340 e. The molecule has 27 heavy (non-hydrogen) atoms. The molecular weight excluding hydrogens is 340 g/mol. The van der Waals surface area contributed by atoms with Gasteiger partial charge in [-0.25, -0.2) is 4.79 Å². The van der Waals surface area contributed by atoms with Crippen molar-refractivity contribution >= 4 is 11.9 Å². The van der Waals surface area contributed by atoms with Gasteiger partial charge in [0.15, 0.2) is 6.61 Å². The minimum absolute atomic E-state index is 0.216. The molecule has 0 atom stereocenters. The number of rotatable bonds is 8. The zero-order chi connectivity index (χ0) is 20.0. The van der Waals surface area contributed by atoms with E-state index in [1.165, 1.54) is 0 Å². The van der Waals surface area contributed by atoms with Gasteiger partial charge in [0.1, 0.15) is 0 Å². The number of hydrogen-bond donors (Lipinski definition) is 0. The first-order valence-electron chi connectivity index (χ1n) is 9.13. The molecule has 2 rings (SSSR count). The molecule has 0 saturated carbocycles. The van der Waals surface area contributed by atoms with E-state index in [9.17, 15) is 9.59 Å². The van der Waals surface area contributed by atoms with Crippen molar-refractivity contribution in [2.24, 2.45) is 0 Å². The Morgan fingerprint density at radius 3 is 2.44 bits per heavy atom. The van der Waals surface area contributed by atoms with Crippen LogP contribution in [0.1, 0.15) is 41.2 Å². The Kier molecular flexibility index (Phi) is 6.99. The molecule has 0 spiro atoms. The van der Waals surface area contributed by atoms with Crippen LogP contribution in [-0.2, 0) is 16.1 Å². The Labute approximate surface area is 161 Å². The van der Waals surface area contributed by atoms with Gasteiger partial charge in [-0.1, -0.05) is 42.5 Å². The maximum absolute atomic E-state index is 12.5. The molecule has 1 aromatic carbocycles. The summed E-state index contributed by atoms with van der Waals surface area (Å²) < 4.78 is 7.36. The number of esters is 1. The summed E-state index contributed by atoms with van der Waals surface area (Å²) in [5.74, 6) is -0.686. The standard InChI is InChI=1S/C22H28N2O3/c1-6-23(13-16(2)3)21(25)15-27-22(26)20-12-17(4)24(18(20)5)14-19-10-8-7-9-11-19/h7-12H,2,6,13-15H2,1,3-5H3. The van der Waals surface area contributed by atoms with Crippen molar-refractivity contribution in [3.8, 4) is 0 Å². The largest absolute Gasteiger partial charge is 0.452 e. The summed E-state index contributed by atoms with van der Waals surface area (Å²) in [5.41, 5.74) is 4.36. The molecule has 0 bridgehead atoms. The highest BCUT2D eigenvalue weighted by atomic mass is 16.5. The average molecular weight is 368 g/mol. The highest BCUT2D eigenvalue weighted by molar-refractivity contribution is 5.92. The fourth-order valence-corrected chi connectivity index (χ4v) is 3.02. The van der Waals surface area contributed by atoms with E-state index < -0.39 is 5.97 Å². The Morgan fingerprint density at radius 2 is 1.85 bits per heavy atom. The van der Waals surface area contributed by atoms with Crippen molar-refractivity contribution in [3.63, 3.8) is 0 Å². The molecule has 0 N–H and O–H groups in total. The van der Waals surface area contributed by atoms with Crippen LogP contribution >= 0.6 is 0 Å². The van der Waals surface area contributed by atoms with E-state index in [0.29, 0.717) is 25.2 Å². The third-order valence-corrected chi connectivity index (χ3v) is 4.50. The summed E-state index contributed by atoms with van der Waals surface area (Å²) in [7, 11) is 0. The molecule has 0 saturated heterocycles. The van der Waals surface area contributed by atoms with Crippen LogP contribution in [0.4, 0.5) is 0 Å². The number of amides is 1. The number of ether oxygens (including phenoxy) is 1. The Balaban J connectivity index is 2.05. The average Bonchev–Trinajstić information content (AvgIpc) is 2.93. The fraction of sp³-hybridized carbons (Fsp3) is 0.364.